The molecule has 284 valence electrons. The molecular formula is C38H40ClF3N8O4. The van der Waals surface area contributed by atoms with Gasteiger partial charge < -0.3 is 20.3 Å². The van der Waals surface area contributed by atoms with Gasteiger partial charge in [0.1, 0.15) is 23.2 Å². The number of amides is 2. The van der Waals surface area contributed by atoms with Crippen LogP contribution in [0.25, 0.3) is 21.9 Å². The Kier molecular flexibility index (Phi) is 9.41. The van der Waals surface area contributed by atoms with Gasteiger partial charge in [0, 0.05) is 37.3 Å². The Morgan fingerprint density at radius 3 is 2.59 bits per heavy atom. The van der Waals surface area contributed by atoms with E-state index < -0.39 is 23.8 Å². The molecule has 1 atom stereocenters. The molecule has 54 heavy (non-hydrogen) atoms. The Morgan fingerprint density at radius 2 is 1.87 bits per heavy atom. The average molecular weight is 765 g/mol. The first-order valence-electron chi connectivity index (χ1n) is 18.2. The van der Waals surface area contributed by atoms with Gasteiger partial charge in [-0.25, -0.2) is 9.78 Å². The molecule has 1 saturated carbocycles. The maximum absolute atomic E-state index is 13.6. The number of anilines is 1. The molecule has 0 radical (unpaired) electrons. The number of fused-ring (bicyclic) bond motifs is 2. The zero-order valence-electron chi connectivity index (χ0n) is 29.8. The molecule has 5 heterocycles. The van der Waals surface area contributed by atoms with Crippen molar-refractivity contribution in [3.05, 3.63) is 81.1 Å². The number of carbonyl (C=O) groups is 2. The lowest BCUT2D eigenvalue weighted by atomic mass is 9.79. The van der Waals surface area contributed by atoms with Gasteiger partial charge in [0.05, 0.1) is 40.4 Å². The molecule has 3 aliphatic rings. The lowest BCUT2D eigenvalue weighted by Gasteiger charge is -2.41. The normalized spacial score (nSPS) is 21.3. The summed E-state index contributed by atoms with van der Waals surface area (Å²) in [7, 11) is 3.44. The van der Waals surface area contributed by atoms with E-state index in [1.165, 1.54) is 6.07 Å². The number of nitrogens with one attached hydrogen (secondary N) is 2. The first-order valence-corrected chi connectivity index (χ1v) is 18.6. The first kappa shape index (κ1) is 36.1. The second-order valence-corrected chi connectivity index (χ2v) is 15.0. The third kappa shape index (κ3) is 6.61. The topological polar surface area (TPSA) is 128 Å². The lowest BCUT2D eigenvalue weighted by Crippen LogP contribution is -2.41. The summed E-state index contributed by atoms with van der Waals surface area (Å²) in [5.41, 5.74) is 1.85. The van der Waals surface area contributed by atoms with Crippen molar-refractivity contribution in [3.63, 3.8) is 0 Å². The molecule has 2 N–H and O–H groups in total. The number of alkyl halides is 3. The third-order valence-corrected chi connectivity index (χ3v) is 11.6. The fraction of sp³-hybridized carbons (Fsp3) is 0.447. The summed E-state index contributed by atoms with van der Waals surface area (Å²) in [4.78, 5) is 45.0. The number of nitrogens with zero attached hydrogens (tertiary/aromatic N) is 6. The largest absolute Gasteiger partial charge is 0.496 e. The number of pyridine rings is 1. The summed E-state index contributed by atoms with van der Waals surface area (Å²) >= 11 is 6.45. The van der Waals surface area contributed by atoms with Crippen LogP contribution in [-0.4, -0.2) is 73.9 Å². The summed E-state index contributed by atoms with van der Waals surface area (Å²) < 4.78 is 50.4. The lowest BCUT2D eigenvalue weighted by molar-refractivity contribution is -0.141. The van der Waals surface area contributed by atoms with Gasteiger partial charge in [-0.1, -0.05) is 17.7 Å². The average Bonchev–Trinajstić information content (AvgIpc) is 3.65. The van der Waals surface area contributed by atoms with Gasteiger partial charge in [-0.05, 0) is 99.8 Å². The highest BCUT2D eigenvalue weighted by molar-refractivity contribution is 6.34. The second kappa shape index (κ2) is 14.1. The molecular weight excluding hydrogens is 725 g/mol. The van der Waals surface area contributed by atoms with Crippen molar-refractivity contribution >= 4 is 51.0 Å². The van der Waals surface area contributed by atoms with Gasteiger partial charge in [0.25, 0.3) is 5.91 Å². The molecule has 12 nitrogen and oxygen atoms in total. The quantitative estimate of drug-likeness (QED) is 0.190. The number of hydrogen-bond donors (Lipinski definition) is 2. The molecule has 16 heteroatoms. The highest BCUT2D eigenvalue weighted by Gasteiger charge is 2.36. The minimum absolute atomic E-state index is 0.113. The van der Waals surface area contributed by atoms with E-state index in [1.54, 1.807) is 35.4 Å². The number of ether oxygens (including phenoxy) is 1. The minimum Gasteiger partial charge on any atom is -0.496 e. The number of benzene rings is 2. The molecule has 8 rings (SSSR count). The van der Waals surface area contributed by atoms with Crippen LogP contribution in [-0.2, 0) is 18.0 Å². The van der Waals surface area contributed by atoms with Crippen LogP contribution in [0.15, 0.2) is 53.5 Å². The Morgan fingerprint density at radius 1 is 1.09 bits per heavy atom. The summed E-state index contributed by atoms with van der Waals surface area (Å²) in [5.74, 6) is 0.560. The molecule has 3 aromatic heterocycles. The van der Waals surface area contributed by atoms with Crippen LogP contribution in [0.4, 0.5) is 18.9 Å². The van der Waals surface area contributed by atoms with Crippen LogP contribution < -0.4 is 21.1 Å². The number of hydrogen-bond acceptors (Lipinski definition) is 7. The van der Waals surface area contributed by atoms with E-state index in [-0.39, 0.29) is 40.0 Å². The molecule has 5 aromatic rings. The molecule has 0 bridgehead atoms. The first-order chi connectivity index (χ1) is 25.9. The van der Waals surface area contributed by atoms with Crippen LogP contribution >= 0.6 is 11.6 Å². The van der Waals surface area contributed by atoms with Crippen molar-refractivity contribution in [2.75, 3.05) is 38.6 Å². The zero-order valence-corrected chi connectivity index (χ0v) is 30.6. The Hall–Kier alpha value is -4.89. The van der Waals surface area contributed by atoms with Crippen LogP contribution in [0.2, 0.25) is 5.02 Å². The van der Waals surface area contributed by atoms with Crippen LogP contribution in [0.5, 0.6) is 5.75 Å². The maximum Gasteiger partial charge on any atom is 0.433 e. The monoisotopic (exact) mass is 764 g/mol. The van der Waals surface area contributed by atoms with Gasteiger partial charge >= 0.3 is 11.9 Å². The van der Waals surface area contributed by atoms with Gasteiger partial charge in [-0.15, -0.1) is 0 Å². The predicted molar refractivity (Wildman–Crippen MR) is 197 cm³/mol. The highest BCUT2D eigenvalue weighted by atomic mass is 35.5. The number of rotatable bonds is 8. The van der Waals surface area contributed by atoms with E-state index in [2.05, 4.69) is 20.5 Å². The van der Waals surface area contributed by atoms with Crippen molar-refractivity contribution in [1.82, 2.24) is 34.1 Å². The van der Waals surface area contributed by atoms with Crippen LogP contribution in [0.3, 0.4) is 0 Å². The molecule has 1 aliphatic carbocycles. The smallest absolute Gasteiger partial charge is 0.433 e. The highest BCUT2D eigenvalue weighted by Crippen LogP contribution is 2.43. The molecule has 1 unspecified atom stereocenters. The summed E-state index contributed by atoms with van der Waals surface area (Å²) in [5, 5.41) is 11.2. The van der Waals surface area contributed by atoms with Crippen molar-refractivity contribution < 1.29 is 27.5 Å². The SMILES string of the molecule is COc1ccc2c(c1C1CCN(CC3CC(n4cc5cc(NC(=O)c6cccc(C(F)(F)F)n6)c(Cl)cc5n4)C3)CC1)n(C)c(=O)n2C1CCCNC1=O. The molecule has 0 spiro atoms. The number of carbonyl (C=O) groups excluding carboxylic acids is 2. The minimum atomic E-state index is -4.67. The van der Waals surface area contributed by atoms with Gasteiger partial charge in [-0.3, -0.25) is 23.4 Å². The van der Waals surface area contributed by atoms with Crippen molar-refractivity contribution in [2.45, 2.75) is 62.7 Å². The van der Waals surface area contributed by atoms with Gasteiger partial charge in [0.2, 0.25) is 5.91 Å². The fourth-order valence-corrected chi connectivity index (χ4v) is 8.65. The van der Waals surface area contributed by atoms with E-state index in [0.29, 0.717) is 24.4 Å². The molecule has 2 aliphatic heterocycles. The van der Waals surface area contributed by atoms with Crippen molar-refractivity contribution in [3.8, 4) is 5.75 Å². The predicted octanol–water partition coefficient (Wildman–Crippen LogP) is 6.30. The summed E-state index contributed by atoms with van der Waals surface area (Å²) in [6, 6.07) is 9.99. The van der Waals surface area contributed by atoms with E-state index in [4.69, 9.17) is 21.4 Å². The summed E-state index contributed by atoms with van der Waals surface area (Å²) in [6.45, 7) is 3.44. The van der Waals surface area contributed by atoms with Gasteiger partial charge in [0.15, 0.2) is 0 Å². The number of imidazole rings is 1. The molecule has 2 aromatic carbocycles. The zero-order chi connectivity index (χ0) is 37.9. The number of halogens is 4. The fourth-order valence-electron chi connectivity index (χ4n) is 8.45. The van der Waals surface area contributed by atoms with E-state index >= 15 is 0 Å². The van der Waals surface area contributed by atoms with E-state index in [9.17, 15) is 27.6 Å². The Bertz CT molecular complexity index is 2320. The number of piperidine rings is 2. The van der Waals surface area contributed by atoms with Gasteiger partial charge in [-0.2, -0.15) is 18.3 Å². The third-order valence-electron chi connectivity index (χ3n) is 11.3. The molecule has 2 amide bonds. The Labute approximate surface area is 313 Å². The number of likely N-dealkylation sites (tertiary alicyclic amines) is 1. The van der Waals surface area contributed by atoms with Crippen molar-refractivity contribution in [2.24, 2.45) is 13.0 Å². The van der Waals surface area contributed by atoms with Crippen LogP contribution in [0.1, 0.15) is 78.3 Å². The Balaban J connectivity index is 0.898. The number of methoxy groups -OCH3 is 1. The van der Waals surface area contributed by atoms with Crippen LogP contribution in [0, 0.1) is 5.92 Å². The molecule has 3 fully saturated rings. The molecule has 2 saturated heterocycles. The standard InChI is InChI=1S/C38H40ClF3N8O4/c1-47-34-29(50(37(47)53)30-6-4-12-43-36(30)52)8-9-31(54-2)33(34)22-10-13-48(14-11-22)19-21-15-24(16-21)49-20-23-17-28(25(39)18-27(23)46-49)45-35(51)26-5-3-7-32(44-26)38(40,41)42/h3,5,7-9,17-18,20-22,24,30H,4,6,10-16,19H2,1-2H3,(H,43,52)(H,45,51). The van der Waals surface area contributed by atoms with Crippen molar-refractivity contribution in [1.29, 1.82) is 0 Å². The number of aryl methyl sites for hydroxylation is 1. The number of aromatic nitrogens is 5. The van der Waals surface area contributed by atoms with E-state index in [0.717, 1.165) is 91.6 Å². The summed E-state index contributed by atoms with van der Waals surface area (Å²) in [6.07, 6.45) is 2.46. The second-order valence-electron chi connectivity index (χ2n) is 14.6. The maximum atomic E-state index is 13.6. The van der Waals surface area contributed by atoms with E-state index in [1.807, 2.05) is 23.0 Å².